The molecule has 0 bridgehead atoms. The zero-order valence-electron chi connectivity index (χ0n) is 17.0. The van der Waals surface area contributed by atoms with Crippen molar-refractivity contribution in [2.45, 2.75) is 11.7 Å². The molecule has 0 amide bonds. The maximum Gasteiger partial charge on any atom is 0.272 e. The quantitative estimate of drug-likeness (QED) is 0.169. The number of hydrogen-bond acceptors (Lipinski definition) is 6. The molecule has 5 aromatic rings. The smallest absolute Gasteiger partial charge is 0.272 e. The first-order valence-electron chi connectivity index (χ1n) is 9.93. The third-order valence-corrected chi connectivity index (χ3v) is 7.39. The van der Waals surface area contributed by atoms with Crippen molar-refractivity contribution in [3.05, 3.63) is 99.2 Å². The van der Waals surface area contributed by atoms with Gasteiger partial charge in [-0.25, -0.2) is 14.4 Å². The van der Waals surface area contributed by atoms with E-state index in [9.17, 15) is 14.0 Å². The number of fused-ring (bicyclic) bond motifs is 3. The molecule has 0 aliphatic rings. The van der Waals surface area contributed by atoms with Crippen molar-refractivity contribution in [2.24, 2.45) is 0 Å². The highest BCUT2D eigenvalue weighted by Crippen LogP contribution is 2.31. The van der Waals surface area contributed by atoms with Gasteiger partial charge in [-0.05, 0) is 54.1 Å². The van der Waals surface area contributed by atoms with Gasteiger partial charge in [0.25, 0.3) is 5.56 Å². The van der Waals surface area contributed by atoms with Gasteiger partial charge in [-0.3, -0.25) is 14.2 Å². The largest absolute Gasteiger partial charge is 0.293 e. The lowest BCUT2D eigenvalue weighted by molar-refractivity contribution is 0.102. The lowest BCUT2D eigenvalue weighted by Crippen LogP contribution is -2.23. The second kappa shape index (κ2) is 9.05. The number of thioether (sulfide) groups is 1. The number of carbonyl (C=O) groups is 1. The molecule has 2 aromatic carbocycles. The summed E-state index contributed by atoms with van der Waals surface area (Å²) in [6.45, 7) is 0.210. The Balaban J connectivity index is 1.57. The number of nitrogens with zero attached hydrogens (tertiary/aromatic N) is 3. The number of ketones is 1. The number of carbonyl (C=O) groups excluding carboxylic acids is 1. The Bertz CT molecular complexity index is 1550. The lowest BCUT2D eigenvalue weighted by atomic mass is 10.1. The topological polar surface area (TPSA) is 64.8 Å². The highest BCUT2D eigenvalue weighted by atomic mass is 35.5. The Kier molecular flexibility index (Phi) is 5.97. The molecule has 0 atom stereocenters. The fourth-order valence-corrected chi connectivity index (χ4v) is 5.46. The van der Waals surface area contributed by atoms with Crippen LogP contribution in [0.4, 0.5) is 4.39 Å². The van der Waals surface area contributed by atoms with Gasteiger partial charge < -0.3 is 0 Å². The Hall–Kier alpha value is -3.07. The molecule has 0 N–H and O–H groups in total. The van der Waals surface area contributed by atoms with Crippen molar-refractivity contribution in [2.75, 3.05) is 5.75 Å². The van der Waals surface area contributed by atoms with Gasteiger partial charge in [0.15, 0.2) is 10.9 Å². The molecule has 0 aliphatic carbocycles. The molecular weight excluding hydrogens is 481 g/mol. The number of pyridine rings is 1. The zero-order chi connectivity index (χ0) is 22.9. The summed E-state index contributed by atoms with van der Waals surface area (Å²) >= 11 is 8.40. The van der Waals surface area contributed by atoms with Gasteiger partial charge in [0, 0.05) is 22.2 Å². The second-order valence-corrected chi connectivity index (χ2v) is 9.64. The van der Waals surface area contributed by atoms with Crippen molar-refractivity contribution in [3.63, 3.8) is 0 Å². The SMILES string of the molecule is O=C(CSc1nc2c(sc3ncccc32)c(=O)n1Cc1ccc(F)cc1)c1ccc(Cl)cc1. The molecule has 0 fully saturated rings. The minimum absolute atomic E-state index is 0.101. The van der Waals surface area contributed by atoms with Gasteiger partial charge in [-0.15, -0.1) is 11.3 Å². The van der Waals surface area contributed by atoms with Crippen molar-refractivity contribution in [1.29, 1.82) is 0 Å². The van der Waals surface area contributed by atoms with E-state index in [1.54, 1.807) is 48.7 Å². The molecule has 164 valence electrons. The summed E-state index contributed by atoms with van der Waals surface area (Å²) in [6, 6.07) is 16.3. The predicted molar refractivity (Wildman–Crippen MR) is 131 cm³/mol. The molecule has 0 aliphatic heterocycles. The van der Waals surface area contributed by atoms with Crippen LogP contribution in [0.25, 0.3) is 20.4 Å². The van der Waals surface area contributed by atoms with Crippen molar-refractivity contribution in [1.82, 2.24) is 14.5 Å². The van der Waals surface area contributed by atoms with E-state index >= 15 is 0 Å². The molecule has 3 heterocycles. The van der Waals surface area contributed by atoms with E-state index in [1.165, 1.54) is 39.8 Å². The van der Waals surface area contributed by atoms with Crippen molar-refractivity contribution in [3.8, 4) is 0 Å². The summed E-state index contributed by atoms with van der Waals surface area (Å²) in [6.07, 6.45) is 1.68. The van der Waals surface area contributed by atoms with Gasteiger partial charge in [-0.2, -0.15) is 0 Å². The monoisotopic (exact) mass is 495 g/mol. The van der Waals surface area contributed by atoms with Crippen LogP contribution < -0.4 is 5.56 Å². The number of halogens is 2. The van der Waals surface area contributed by atoms with Crippen LogP contribution >= 0.6 is 34.7 Å². The Morgan fingerprint density at radius 2 is 1.85 bits per heavy atom. The van der Waals surface area contributed by atoms with E-state index in [1.807, 2.05) is 6.07 Å². The first-order valence-corrected chi connectivity index (χ1v) is 12.1. The van der Waals surface area contributed by atoms with Crippen LogP contribution in [0.3, 0.4) is 0 Å². The van der Waals surface area contributed by atoms with Gasteiger partial charge in [0.2, 0.25) is 0 Å². The highest BCUT2D eigenvalue weighted by Gasteiger charge is 2.18. The highest BCUT2D eigenvalue weighted by molar-refractivity contribution is 7.99. The summed E-state index contributed by atoms with van der Waals surface area (Å²) < 4.78 is 15.4. The van der Waals surface area contributed by atoms with E-state index in [4.69, 9.17) is 16.6 Å². The zero-order valence-corrected chi connectivity index (χ0v) is 19.4. The Labute approximate surface area is 200 Å². The summed E-state index contributed by atoms with van der Waals surface area (Å²) in [5.74, 6) is -0.349. The molecule has 0 saturated carbocycles. The van der Waals surface area contributed by atoms with Crippen LogP contribution in [0.1, 0.15) is 15.9 Å². The lowest BCUT2D eigenvalue weighted by Gasteiger charge is -2.12. The number of Topliss-reactive ketones (excluding diaryl/α,β-unsaturated/α-hetero) is 1. The number of rotatable bonds is 6. The van der Waals surface area contributed by atoms with Crippen LogP contribution in [-0.2, 0) is 6.54 Å². The third-order valence-electron chi connectivity index (χ3n) is 5.07. The average molecular weight is 496 g/mol. The number of aromatic nitrogens is 3. The molecule has 3 aromatic heterocycles. The molecular formula is C24H15ClFN3O2S2. The molecule has 5 rings (SSSR count). The van der Waals surface area contributed by atoms with Crippen molar-refractivity contribution >= 4 is 60.9 Å². The summed E-state index contributed by atoms with van der Waals surface area (Å²) in [5.41, 5.74) is 1.65. The Morgan fingerprint density at radius 3 is 2.61 bits per heavy atom. The summed E-state index contributed by atoms with van der Waals surface area (Å²) in [5, 5.41) is 1.77. The summed E-state index contributed by atoms with van der Waals surface area (Å²) in [7, 11) is 0. The first kappa shape index (κ1) is 21.8. The minimum atomic E-state index is -0.349. The maximum atomic E-state index is 13.5. The predicted octanol–water partition coefficient (Wildman–Crippen LogP) is 5.82. The second-order valence-electron chi connectivity index (χ2n) is 7.27. The van der Waals surface area contributed by atoms with Crippen LogP contribution in [0.5, 0.6) is 0 Å². The molecule has 9 heteroatoms. The van der Waals surface area contributed by atoms with Gasteiger partial charge >= 0.3 is 0 Å². The molecule has 5 nitrogen and oxygen atoms in total. The van der Waals surface area contributed by atoms with Gasteiger partial charge in [-0.1, -0.05) is 35.5 Å². The molecule has 33 heavy (non-hydrogen) atoms. The average Bonchev–Trinajstić information content (AvgIpc) is 3.20. The number of thiophene rings is 1. The van der Waals surface area contributed by atoms with Gasteiger partial charge in [0.05, 0.1) is 17.8 Å². The van der Waals surface area contributed by atoms with E-state index in [-0.39, 0.29) is 29.5 Å². The fraction of sp³-hybridized carbons (Fsp3) is 0.0833. The number of hydrogen-bond donors (Lipinski definition) is 0. The standard InChI is InChI=1S/C24H15ClFN3O2S2/c25-16-7-5-15(6-8-16)19(30)13-32-24-28-20-18-2-1-11-27-22(18)33-21(20)23(31)29(24)12-14-3-9-17(26)10-4-14/h1-11H,12-13H2. The molecule has 0 unspecified atom stereocenters. The first-order chi connectivity index (χ1) is 16.0. The number of benzene rings is 2. The third kappa shape index (κ3) is 4.42. The fourth-order valence-electron chi connectivity index (χ4n) is 3.41. The van der Waals surface area contributed by atoms with E-state index in [0.29, 0.717) is 26.0 Å². The minimum Gasteiger partial charge on any atom is -0.293 e. The van der Waals surface area contributed by atoms with Crippen LogP contribution in [0.2, 0.25) is 5.02 Å². The van der Waals surface area contributed by atoms with Crippen LogP contribution in [0, 0.1) is 5.82 Å². The normalized spacial score (nSPS) is 11.3. The maximum absolute atomic E-state index is 13.5. The van der Waals surface area contributed by atoms with Crippen LogP contribution in [0.15, 0.2) is 76.8 Å². The van der Waals surface area contributed by atoms with Gasteiger partial charge in [0.1, 0.15) is 15.3 Å². The van der Waals surface area contributed by atoms with Crippen LogP contribution in [-0.4, -0.2) is 26.1 Å². The van der Waals surface area contributed by atoms with E-state index in [0.717, 1.165) is 15.8 Å². The molecule has 0 saturated heterocycles. The molecule has 0 radical (unpaired) electrons. The van der Waals surface area contributed by atoms with E-state index < -0.39 is 0 Å². The molecule has 0 spiro atoms. The Morgan fingerprint density at radius 1 is 1.09 bits per heavy atom. The van der Waals surface area contributed by atoms with Crippen molar-refractivity contribution < 1.29 is 9.18 Å². The summed E-state index contributed by atoms with van der Waals surface area (Å²) in [4.78, 5) is 36.0. The van der Waals surface area contributed by atoms with E-state index in [2.05, 4.69) is 4.98 Å².